The molecule has 1 heterocycles. The van der Waals surface area contributed by atoms with Crippen LogP contribution in [-0.2, 0) is 20.8 Å². The van der Waals surface area contributed by atoms with Crippen molar-refractivity contribution >= 4 is 35.8 Å². The molecule has 8 nitrogen and oxygen atoms in total. The van der Waals surface area contributed by atoms with Gasteiger partial charge in [0.15, 0.2) is 5.96 Å². The number of likely N-dealkylation sites (tertiary alicyclic amines) is 1. The van der Waals surface area contributed by atoms with E-state index in [4.69, 9.17) is 14.2 Å². The maximum atomic E-state index is 12.2. The first-order valence-corrected chi connectivity index (χ1v) is 10.7. The smallest absolute Gasteiger partial charge is 0.242 e. The van der Waals surface area contributed by atoms with E-state index in [1.807, 2.05) is 31.2 Å². The molecule has 0 atom stereocenters. The van der Waals surface area contributed by atoms with Crippen molar-refractivity contribution in [2.24, 2.45) is 4.99 Å². The van der Waals surface area contributed by atoms with Crippen molar-refractivity contribution in [3.63, 3.8) is 0 Å². The normalized spacial score (nSPS) is 14.7. The Kier molecular flexibility index (Phi) is 14.3. The topological polar surface area (TPSA) is 84.4 Å². The lowest BCUT2D eigenvalue weighted by molar-refractivity contribution is -0.119. The van der Waals surface area contributed by atoms with Gasteiger partial charge in [-0.15, -0.1) is 24.0 Å². The van der Waals surface area contributed by atoms with Crippen LogP contribution in [0, 0.1) is 0 Å². The third kappa shape index (κ3) is 10.5. The molecular formula is C22H37IN4O4. The van der Waals surface area contributed by atoms with E-state index in [0.717, 1.165) is 69.4 Å². The third-order valence-corrected chi connectivity index (χ3v) is 4.94. The van der Waals surface area contributed by atoms with Gasteiger partial charge < -0.3 is 29.7 Å². The molecule has 1 aliphatic rings. The molecular weight excluding hydrogens is 511 g/mol. The number of halogens is 1. The largest absolute Gasteiger partial charge is 0.497 e. The molecule has 0 saturated carbocycles. The summed E-state index contributed by atoms with van der Waals surface area (Å²) in [4.78, 5) is 19.0. The number of hydrogen-bond donors (Lipinski definition) is 2. The Hall–Kier alpha value is -1.59. The SMILES string of the molecule is CCNC(=NCC(=O)NCc1ccc(OC)cc1)N1CCC(OCCCOC)CC1.I. The molecule has 0 aliphatic carbocycles. The van der Waals surface area contributed by atoms with Crippen molar-refractivity contribution in [1.29, 1.82) is 0 Å². The first-order chi connectivity index (χ1) is 14.7. The van der Waals surface area contributed by atoms with E-state index in [9.17, 15) is 4.79 Å². The summed E-state index contributed by atoms with van der Waals surface area (Å²) in [6.45, 7) is 6.58. The molecule has 176 valence electrons. The van der Waals surface area contributed by atoms with Crippen molar-refractivity contribution < 1.29 is 19.0 Å². The van der Waals surface area contributed by atoms with Gasteiger partial charge in [0.1, 0.15) is 12.3 Å². The van der Waals surface area contributed by atoms with E-state index >= 15 is 0 Å². The molecule has 0 bridgehead atoms. The van der Waals surface area contributed by atoms with Crippen molar-refractivity contribution in [1.82, 2.24) is 15.5 Å². The van der Waals surface area contributed by atoms with Gasteiger partial charge in [-0.1, -0.05) is 12.1 Å². The Morgan fingerprint density at radius 1 is 1.13 bits per heavy atom. The van der Waals surface area contributed by atoms with Gasteiger partial charge in [0, 0.05) is 46.5 Å². The van der Waals surface area contributed by atoms with Crippen LogP contribution >= 0.6 is 24.0 Å². The van der Waals surface area contributed by atoms with Crippen LogP contribution in [0.1, 0.15) is 31.7 Å². The van der Waals surface area contributed by atoms with Crippen LogP contribution in [-0.4, -0.2) is 76.5 Å². The molecule has 1 saturated heterocycles. The fraction of sp³-hybridized carbons (Fsp3) is 0.636. The Balaban J connectivity index is 0.00000480. The molecule has 2 rings (SSSR count). The van der Waals surface area contributed by atoms with Crippen LogP contribution in [0.15, 0.2) is 29.3 Å². The lowest BCUT2D eigenvalue weighted by atomic mass is 10.1. The number of carbonyl (C=O) groups is 1. The van der Waals surface area contributed by atoms with E-state index in [1.165, 1.54) is 0 Å². The summed E-state index contributed by atoms with van der Waals surface area (Å²) >= 11 is 0. The quantitative estimate of drug-likeness (QED) is 0.191. The number of nitrogens with one attached hydrogen (secondary N) is 2. The zero-order chi connectivity index (χ0) is 21.6. The van der Waals surface area contributed by atoms with Crippen molar-refractivity contribution in [3.05, 3.63) is 29.8 Å². The summed E-state index contributed by atoms with van der Waals surface area (Å²) in [6.07, 6.45) is 3.13. The number of methoxy groups -OCH3 is 2. The average Bonchev–Trinajstić information content (AvgIpc) is 2.79. The summed E-state index contributed by atoms with van der Waals surface area (Å²) in [7, 11) is 3.34. The fourth-order valence-electron chi connectivity index (χ4n) is 3.26. The molecule has 1 aliphatic heterocycles. The fourth-order valence-corrected chi connectivity index (χ4v) is 3.26. The minimum absolute atomic E-state index is 0. The molecule has 0 spiro atoms. The van der Waals surface area contributed by atoms with Gasteiger partial charge in [-0.25, -0.2) is 4.99 Å². The van der Waals surface area contributed by atoms with Crippen LogP contribution in [0.5, 0.6) is 5.75 Å². The van der Waals surface area contributed by atoms with E-state index in [-0.39, 0.29) is 42.5 Å². The number of carbonyl (C=O) groups excluding carboxylic acids is 1. The second-order valence-electron chi connectivity index (χ2n) is 7.20. The minimum Gasteiger partial charge on any atom is -0.497 e. The molecule has 1 aromatic rings. The first kappa shape index (κ1) is 27.4. The Morgan fingerprint density at radius 2 is 1.84 bits per heavy atom. The van der Waals surface area contributed by atoms with Gasteiger partial charge in [-0.3, -0.25) is 4.79 Å². The van der Waals surface area contributed by atoms with E-state index in [0.29, 0.717) is 6.54 Å². The lowest BCUT2D eigenvalue weighted by Gasteiger charge is -2.34. The Labute approximate surface area is 203 Å². The van der Waals surface area contributed by atoms with Crippen molar-refractivity contribution in [2.45, 2.75) is 38.8 Å². The molecule has 1 aromatic carbocycles. The van der Waals surface area contributed by atoms with E-state index < -0.39 is 0 Å². The number of aliphatic imine (C=N–C) groups is 1. The van der Waals surface area contributed by atoms with Gasteiger partial charge in [0.05, 0.1) is 13.2 Å². The third-order valence-electron chi connectivity index (χ3n) is 4.94. The highest BCUT2D eigenvalue weighted by molar-refractivity contribution is 14.0. The summed E-state index contributed by atoms with van der Waals surface area (Å²) < 4.78 is 16.1. The molecule has 2 N–H and O–H groups in total. The molecule has 9 heteroatoms. The molecule has 0 radical (unpaired) electrons. The van der Waals surface area contributed by atoms with Crippen molar-refractivity contribution in [2.75, 3.05) is 53.6 Å². The number of guanidine groups is 1. The zero-order valence-corrected chi connectivity index (χ0v) is 21.2. The van der Waals surface area contributed by atoms with Crippen LogP contribution in [0.3, 0.4) is 0 Å². The van der Waals surface area contributed by atoms with Crippen LogP contribution < -0.4 is 15.4 Å². The summed E-state index contributed by atoms with van der Waals surface area (Å²) in [5, 5.41) is 6.21. The van der Waals surface area contributed by atoms with Gasteiger partial charge in [0.25, 0.3) is 0 Å². The maximum absolute atomic E-state index is 12.2. The lowest BCUT2D eigenvalue weighted by Crippen LogP contribution is -2.47. The summed E-state index contributed by atoms with van der Waals surface area (Å²) in [5.41, 5.74) is 1.02. The average molecular weight is 548 g/mol. The van der Waals surface area contributed by atoms with Crippen LogP contribution in [0.2, 0.25) is 0 Å². The molecule has 0 aromatic heterocycles. The second-order valence-corrected chi connectivity index (χ2v) is 7.20. The summed E-state index contributed by atoms with van der Waals surface area (Å²) in [6, 6.07) is 7.64. The monoisotopic (exact) mass is 548 g/mol. The van der Waals surface area contributed by atoms with Crippen LogP contribution in [0.25, 0.3) is 0 Å². The molecule has 31 heavy (non-hydrogen) atoms. The maximum Gasteiger partial charge on any atom is 0.242 e. The predicted octanol–water partition coefficient (Wildman–Crippen LogP) is 2.41. The highest BCUT2D eigenvalue weighted by Crippen LogP contribution is 2.14. The van der Waals surface area contributed by atoms with Gasteiger partial charge >= 0.3 is 0 Å². The number of piperidine rings is 1. The second kappa shape index (κ2) is 16.1. The summed E-state index contributed by atoms with van der Waals surface area (Å²) in [5.74, 6) is 1.49. The van der Waals surface area contributed by atoms with E-state index in [1.54, 1.807) is 14.2 Å². The van der Waals surface area contributed by atoms with Gasteiger partial charge in [-0.05, 0) is 43.9 Å². The Bertz CT molecular complexity index is 649. The van der Waals surface area contributed by atoms with Gasteiger partial charge in [-0.2, -0.15) is 0 Å². The van der Waals surface area contributed by atoms with Crippen molar-refractivity contribution in [3.8, 4) is 5.75 Å². The first-order valence-electron chi connectivity index (χ1n) is 10.7. The number of rotatable bonds is 11. The standard InChI is InChI=1S/C22H36N4O4.HI/c1-4-23-22(26-12-10-20(11-13-26)30-15-5-14-28-2)25-17-21(27)24-16-18-6-8-19(29-3)9-7-18;/h6-9,20H,4-5,10-17H2,1-3H3,(H,23,25)(H,24,27);1H. The minimum atomic E-state index is -0.0995. The molecule has 0 unspecified atom stereocenters. The van der Waals surface area contributed by atoms with E-state index in [2.05, 4.69) is 20.5 Å². The number of ether oxygens (including phenoxy) is 3. The predicted molar refractivity (Wildman–Crippen MR) is 133 cm³/mol. The Morgan fingerprint density at radius 3 is 2.45 bits per heavy atom. The highest BCUT2D eigenvalue weighted by atomic mass is 127. The number of amides is 1. The molecule has 1 fully saturated rings. The van der Waals surface area contributed by atoms with Gasteiger partial charge in [0.2, 0.25) is 5.91 Å². The van der Waals surface area contributed by atoms with Crippen LogP contribution in [0.4, 0.5) is 0 Å². The molecule has 1 amide bonds. The number of nitrogens with zero attached hydrogens (tertiary/aromatic N) is 2. The highest BCUT2D eigenvalue weighted by Gasteiger charge is 2.22. The number of benzene rings is 1. The number of hydrogen-bond acceptors (Lipinski definition) is 5. The zero-order valence-electron chi connectivity index (χ0n) is 18.9.